The standard InChI is InChI=1S/C50H35N4OSi.Pt/c1-56(2)46-29-27-37(55-36-26-28-41-40-19-9-10-22-42(40)54(44(41)31-36)48-25-11-12-30-51-48)32-45(46)53-33-52(43-23-14-24-47(56)50(43)53)49-38(34-15-5-3-6-16-34)20-13-21-39(49)35-17-7-4-8-18-35;/h3-30,33H,1-2H3;/q-3;. The Morgan fingerprint density at radius 2 is 1.23 bits per heavy atom. The minimum Gasteiger partial charge on any atom is -0.509 e. The molecule has 0 unspecified atom stereocenters. The number of nitrogens with zero attached hydrogens (tertiary/aromatic N) is 4. The molecule has 2 aliphatic rings. The molecule has 0 fully saturated rings. The average molecular weight is 931 g/mol. The van der Waals surface area contributed by atoms with Crippen LogP contribution < -0.4 is 24.9 Å². The number of benzene rings is 7. The Labute approximate surface area is 347 Å². The summed E-state index contributed by atoms with van der Waals surface area (Å²) in [5.74, 6) is 2.11. The maximum atomic E-state index is 6.69. The van der Waals surface area contributed by atoms with E-state index in [1.165, 1.54) is 38.3 Å². The summed E-state index contributed by atoms with van der Waals surface area (Å²) in [4.78, 5) is 9.43. The number of aromatic nitrogens is 2. The average Bonchev–Trinajstić information content (AvgIpc) is 3.80. The molecule has 7 aromatic carbocycles. The van der Waals surface area contributed by atoms with Crippen LogP contribution in [0.1, 0.15) is 0 Å². The van der Waals surface area contributed by atoms with Crippen LogP contribution >= 0.6 is 0 Å². The molecule has 11 rings (SSSR count). The quantitative estimate of drug-likeness (QED) is 0.123. The largest absolute Gasteiger partial charge is 0.509 e. The molecule has 0 saturated heterocycles. The van der Waals surface area contributed by atoms with E-state index in [4.69, 9.17) is 9.72 Å². The smallest absolute Gasteiger partial charge is 0.135 e. The van der Waals surface area contributed by atoms with Crippen LogP contribution in [0.2, 0.25) is 13.1 Å². The predicted octanol–water partition coefficient (Wildman–Crippen LogP) is 11.4. The van der Waals surface area contributed by atoms with Gasteiger partial charge in [0.2, 0.25) is 0 Å². The van der Waals surface area contributed by atoms with Crippen molar-refractivity contribution in [2.45, 2.75) is 13.1 Å². The Hall–Kier alpha value is -6.20. The molecular formula is C50H35N4OPtSi-3. The molecule has 278 valence electrons. The molecule has 57 heavy (non-hydrogen) atoms. The van der Waals surface area contributed by atoms with Gasteiger partial charge in [-0.2, -0.15) is 12.1 Å². The van der Waals surface area contributed by atoms with Gasteiger partial charge in [-0.25, -0.2) is 4.98 Å². The van der Waals surface area contributed by atoms with Crippen LogP contribution in [-0.2, 0) is 21.1 Å². The molecule has 0 spiro atoms. The molecule has 5 nitrogen and oxygen atoms in total. The minimum atomic E-state index is -2.16. The minimum absolute atomic E-state index is 0. The van der Waals surface area contributed by atoms with Crippen molar-refractivity contribution in [1.82, 2.24) is 9.55 Å². The van der Waals surface area contributed by atoms with Crippen LogP contribution in [0.25, 0.3) is 49.9 Å². The van der Waals surface area contributed by atoms with Crippen molar-refractivity contribution >= 4 is 63.0 Å². The molecule has 9 aromatic rings. The molecule has 2 aliphatic heterocycles. The second kappa shape index (κ2) is 13.8. The van der Waals surface area contributed by atoms with Crippen LogP contribution in [0.15, 0.2) is 170 Å². The zero-order valence-corrected chi connectivity index (χ0v) is 34.5. The zero-order valence-electron chi connectivity index (χ0n) is 31.3. The molecule has 0 N–H and O–H groups in total. The number of fused-ring (bicyclic) bond motifs is 5. The second-order valence-corrected chi connectivity index (χ2v) is 19.2. The van der Waals surface area contributed by atoms with E-state index in [0.29, 0.717) is 11.5 Å². The summed E-state index contributed by atoms with van der Waals surface area (Å²) >= 11 is 0. The van der Waals surface area contributed by atoms with Gasteiger partial charge >= 0.3 is 0 Å². The van der Waals surface area contributed by atoms with Gasteiger partial charge in [-0.1, -0.05) is 140 Å². The molecule has 4 heterocycles. The summed E-state index contributed by atoms with van der Waals surface area (Å²) < 4.78 is 8.85. The van der Waals surface area contributed by atoms with Crippen molar-refractivity contribution < 1.29 is 25.8 Å². The predicted molar refractivity (Wildman–Crippen MR) is 232 cm³/mol. The molecule has 2 aromatic heterocycles. The summed E-state index contributed by atoms with van der Waals surface area (Å²) in [7, 11) is -2.16. The van der Waals surface area contributed by atoms with E-state index in [1.54, 1.807) is 0 Å². The summed E-state index contributed by atoms with van der Waals surface area (Å²) in [5.41, 5.74) is 11.3. The van der Waals surface area contributed by atoms with Crippen LogP contribution in [0.5, 0.6) is 11.5 Å². The molecule has 7 heteroatoms. The maximum absolute atomic E-state index is 6.69. The first kappa shape index (κ1) is 35.2. The van der Waals surface area contributed by atoms with Crippen molar-refractivity contribution in [3.8, 4) is 39.6 Å². The van der Waals surface area contributed by atoms with E-state index < -0.39 is 8.07 Å². The van der Waals surface area contributed by atoms with Crippen molar-refractivity contribution in [2.75, 3.05) is 9.80 Å². The van der Waals surface area contributed by atoms with Crippen LogP contribution in [0.4, 0.5) is 22.7 Å². The SMILES string of the molecule is C[Si]1(C)c2ccc(Oc3[c-]c4c(cc3)c3ccccc3n4-c3ccccn3)[c-]c2N2[CH-]N(c3c(-c4ccccc4)cccc3-c3ccccc3)c3cccc1c32.[Pt]. The van der Waals surface area contributed by atoms with E-state index in [-0.39, 0.29) is 21.1 Å². The molecule has 0 saturated carbocycles. The Bertz CT molecular complexity index is 2910. The first-order valence-corrected chi connectivity index (χ1v) is 22.0. The Kier molecular flexibility index (Phi) is 8.51. The fourth-order valence-corrected chi connectivity index (χ4v) is 11.6. The summed E-state index contributed by atoms with van der Waals surface area (Å²) in [5, 5.41) is 4.98. The monoisotopic (exact) mass is 930 g/mol. The van der Waals surface area contributed by atoms with Crippen LogP contribution in [-0.4, -0.2) is 17.6 Å². The van der Waals surface area contributed by atoms with Gasteiger partial charge in [-0.05, 0) is 46.0 Å². The molecule has 0 aliphatic carbocycles. The van der Waals surface area contributed by atoms with E-state index in [1.807, 2.05) is 30.5 Å². The molecule has 0 amide bonds. The number of para-hydroxylation sites is 3. The van der Waals surface area contributed by atoms with Crippen molar-refractivity contribution in [1.29, 1.82) is 0 Å². The van der Waals surface area contributed by atoms with Gasteiger partial charge in [0, 0.05) is 72.5 Å². The number of hydrogen-bond donors (Lipinski definition) is 0. The Morgan fingerprint density at radius 1 is 0.561 bits per heavy atom. The van der Waals surface area contributed by atoms with E-state index >= 15 is 0 Å². The van der Waals surface area contributed by atoms with Crippen LogP contribution in [0.3, 0.4) is 0 Å². The molecular weight excluding hydrogens is 896 g/mol. The Morgan fingerprint density at radius 3 is 1.96 bits per heavy atom. The fraction of sp³-hybridized carbons (Fsp3) is 0.0400. The summed E-state index contributed by atoms with van der Waals surface area (Å²) in [6.07, 6.45) is 1.83. The number of anilines is 4. The van der Waals surface area contributed by atoms with Gasteiger partial charge in [-0.3, -0.25) is 0 Å². The van der Waals surface area contributed by atoms with Gasteiger partial charge in [0.05, 0.1) is 8.07 Å². The normalized spacial score (nSPS) is 13.6. The number of rotatable bonds is 6. The van der Waals surface area contributed by atoms with Crippen molar-refractivity contribution in [2.24, 2.45) is 0 Å². The summed E-state index contributed by atoms with van der Waals surface area (Å²) in [6.45, 7) is 7.15. The Balaban J connectivity index is 0.00000396. The van der Waals surface area contributed by atoms with Crippen molar-refractivity contribution in [3.63, 3.8) is 0 Å². The number of hydrogen-bond acceptors (Lipinski definition) is 4. The fourth-order valence-electron chi connectivity index (χ4n) is 8.71. The van der Waals surface area contributed by atoms with E-state index in [9.17, 15) is 0 Å². The van der Waals surface area contributed by atoms with Crippen molar-refractivity contribution in [3.05, 3.63) is 189 Å². The van der Waals surface area contributed by atoms with Gasteiger partial charge in [0.25, 0.3) is 0 Å². The van der Waals surface area contributed by atoms with Crippen LogP contribution in [0, 0.1) is 18.8 Å². The third kappa shape index (κ3) is 5.58. The van der Waals surface area contributed by atoms with Gasteiger partial charge in [0.15, 0.2) is 0 Å². The maximum Gasteiger partial charge on any atom is 0.135 e. The van der Waals surface area contributed by atoms with Gasteiger partial charge < -0.3 is 19.1 Å². The topological polar surface area (TPSA) is 33.5 Å². The first-order valence-electron chi connectivity index (χ1n) is 19.0. The first-order chi connectivity index (χ1) is 27.5. The van der Waals surface area contributed by atoms with E-state index in [2.05, 4.69) is 186 Å². The molecule has 0 bridgehead atoms. The van der Waals surface area contributed by atoms with E-state index in [0.717, 1.165) is 44.7 Å². The summed E-state index contributed by atoms with van der Waals surface area (Å²) in [6, 6.07) is 65.1. The third-order valence-corrected chi connectivity index (χ3v) is 14.8. The molecule has 0 radical (unpaired) electrons. The third-order valence-electron chi connectivity index (χ3n) is 11.3. The number of ether oxygens (including phenoxy) is 1. The van der Waals surface area contributed by atoms with Gasteiger partial charge in [-0.15, -0.1) is 41.5 Å². The number of pyridine rings is 1. The molecule has 0 atom stereocenters. The zero-order chi connectivity index (χ0) is 37.4. The second-order valence-electron chi connectivity index (χ2n) is 14.9. The van der Waals surface area contributed by atoms with Gasteiger partial charge in [0.1, 0.15) is 5.82 Å².